The molecule has 3 nitrogen and oxygen atoms in total. The highest BCUT2D eigenvalue weighted by Crippen LogP contribution is 2.25. The fourth-order valence-electron chi connectivity index (χ4n) is 2.66. The first-order valence-corrected chi connectivity index (χ1v) is 6.57. The second-order valence-electron chi connectivity index (χ2n) is 5.14. The summed E-state index contributed by atoms with van der Waals surface area (Å²) in [6.07, 6.45) is 6.62. The number of nitrogens with zero attached hydrogens (tertiary/aromatic N) is 2. The zero-order chi connectivity index (χ0) is 12.5. The van der Waals surface area contributed by atoms with Crippen molar-refractivity contribution in [2.45, 2.75) is 38.6 Å². The lowest BCUT2D eigenvalue weighted by Crippen LogP contribution is -2.14. The molecule has 0 fully saturated rings. The molecular formula is C15H18N2O. The fraction of sp³-hybridized carbons (Fsp3) is 0.400. The molecule has 1 atom stereocenters. The number of phenols is 1. The second kappa shape index (κ2) is 4.48. The van der Waals surface area contributed by atoms with Gasteiger partial charge in [-0.2, -0.15) is 0 Å². The van der Waals surface area contributed by atoms with Gasteiger partial charge in [-0.15, -0.1) is 0 Å². The summed E-state index contributed by atoms with van der Waals surface area (Å²) in [6, 6.07) is 7.95. The molecule has 3 heteroatoms. The van der Waals surface area contributed by atoms with Crippen molar-refractivity contribution in [1.29, 1.82) is 0 Å². The molecule has 1 aliphatic rings. The molecule has 0 aliphatic carbocycles. The molecule has 1 unspecified atom stereocenters. The number of imidazole rings is 1. The molecule has 0 radical (unpaired) electrons. The first kappa shape index (κ1) is 11.3. The summed E-state index contributed by atoms with van der Waals surface area (Å²) >= 11 is 0. The van der Waals surface area contributed by atoms with E-state index in [0.717, 1.165) is 18.5 Å². The maximum absolute atomic E-state index is 9.27. The van der Waals surface area contributed by atoms with E-state index in [4.69, 9.17) is 4.98 Å². The Hall–Kier alpha value is -1.77. The van der Waals surface area contributed by atoms with Crippen molar-refractivity contribution in [3.63, 3.8) is 0 Å². The van der Waals surface area contributed by atoms with Crippen LogP contribution in [0.3, 0.4) is 0 Å². The Morgan fingerprint density at radius 2 is 2.11 bits per heavy atom. The predicted molar refractivity (Wildman–Crippen MR) is 70.8 cm³/mol. The van der Waals surface area contributed by atoms with Crippen LogP contribution in [0.5, 0.6) is 5.75 Å². The normalized spacial score (nSPS) is 18.6. The lowest BCUT2D eigenvalue weighted by Gasteiger charge is -2.20. The molecule has 2 aromatic rings. The van der Waals surface area contributed by atoms with Crippen molar-refractivity contribution in [3.8, 4) is 5.75 Å². The molecule has 0 amide bonds. The monoisotopic (exact) mass is 242 g/mol. The molecule has 1 aromatic carbocycles. The van der Waals surface area contributed by atoms with E-state index in [1.54, 1.807) is 12.1 Å². The minimum absolute atomic E-state index is 0.316. The fourth-order valence-corrected chi connectivity index (χ4v) is 2.66. The number of benzene rings is 1. The molecule has 0 spiro atoms. The first-order valence-electron chi connectivity index (χ1n) is 6.57. The van der Waals surface area contributed by atoms with Crippen LogP contribution in [0.4, 0.5) is 0 Å². The molecule has 3 rings (SSSR count). The lowest BCUT2D eigenvalue weighted by molar-refractivity contribution is 0.425. The largest absolute Gasteiger partial charge is 0.508 e. The summed E-state index contributed by atoms with van der Waals surface area (Å²) in [6.45, 7) is 2.26. The highest BCUT2D eigenvalue weighted by Gasteiger charge is 2.17. The molecule has 1 aromatic heterocycles. The number of hydrogen-bond donors (Lipinski definition) is 1. The van der Waals surface area contributed by atoms with Crippen LogP contribution in [0.15, 0.2) is 30.5 Å². The third kappa shape index (κ3) is 2.13. The predicted octanol–water partition coefficient (Wildman–Crippen LogP) is 3.08. The van der Waals surface area contributed by atoms with Gasteiger partial charge in [-0.3, -0.25) is 0 Å². The van der Waals surface area contributed by atoms with E-state index in [1.807, 2.05) is 12.1 Å². The summed E-state index contributed by atoms with van der Waals surface area (Å²) < 4.78 is 2.32. The Bertz CT molecular complexity index is 542. The zero-order valence-electron chi connectivity index (χ0n) is 10.6. The molecular weight excluding hydrogens is 224 g/mol. The van der Waals surface area contributed by atoms with Gasteiger partial charge in [-0.25, -0.2) is 4.98 Å². The summed E-state index contributed by atoms with van der Waals surface area (Å²) in [7, 11) is 0. The molecule has 18 heavy (non-hydrogen) atoms. The van der Waals surface area contributed by atoms with Crippen molar-refractivity contribution in [1.82, 2.24) is 9.55 Å². The number of rotatable bonds is 2. The molecule has 0 saturated heterocycles. The number of aryl methyl sites for hydroxylation is 1. The number of fused-ring (bicyclic) bond motifs is 1. The molecule has 2 heterocycles. The Balaban J connectivity index is 1.83. The van der Waals surface area contributed by atoms with Gasteiger partial charge in [0.15, 0.2) is 0 Å². The maximum atomic E-state index is 9.27. The van der Waals surface area contributed by atoms with Crippen molar-refractivity contribution in [2.75, 3.05) is 0 Å². The average Bonchev–Trinajstić information content (AvgIpc) is 2.76. The van der Waals surface area contributed by atoms with Crippen LogP contribution in [-0.4, -0.2) is 14.7 Å². The molecule has 94 valence electrons. The average molecular weight is 242 g/mol. The third-order valence-corrected chi connectivity index (χ3v) is 3.68. The van der Waals surface area contributed by atoms with Crippen LogP contribution < -0.4 is 0 Å². The van der Waals surface area contributed by atoms with Gasteiger partial charge in [0.1, 0.15) is 11.6 Å². The van der Waals surface area contributed by atoms with Gasteiger partial charge in [-0.1, -0.05) is 12.1 Å². The van der Waals surface area contributed by atoms with Gasteiger partial charge in [0, 0.05) is 25.1 Å². The van der Waals surface area contributed by atoms with E-state index < -0.39 is 0 Å². The maximum Gasteiger partial charge on any atom is 0.115 e. The van der Waals surface area contributed by atoms with Crippen molar-refractivity contribution in [3.05, 3.63) is 47.5 Å². The molecule has 0 saturated carbocycles. The second-order valence-corrected chi connectivity index (χ2v) is 5.14. The molecule has 0 bridgehead atoms. The lowest BCUT2D eigenvalue weighted by atomic mass is 10.1. The SMILES string of the molecule is CC1CCCc2nc(Cc3ccc(O)cc3)cn21. The third-order valence-electron chi connectivity index (χ3n) is 3.68. The van der Waals surface area contributed by atoms with Gasteiger partial charge in [-0.05, 0) is 37.5 Å². The van der Waals surface area contributed by atoms with Gasteiger partial charge in [0.2, 0.25) is 0 Å². The Morgan fingerprint density at radius 1 is 1.33 bits per heavy atom. The minimum Gasteiger partial charge on any atom is -0.508 e. The quantitative estimate of drug-likeness (QED) is 0.878. The molecule has 1 N–H and O–H groups in total. The number of aromatic nitrogens is 2. The van der Waals surface area contributed by atoms with E-state index in [1.165, 1.54) is 24.2 Å². The Morgan fingerprint density at radius 3 is 2.83 bits per heavy atom. The van der Waals surface area contributed by atoms with Crippen LogP contribution in [0.2, 0.25) is 0 Å². The van der Waals surface area contributed by atoms with E-state index in [0.29, 0.717) is 11.8 Å². The van der Waals surface area contributed by atoms with Gasteiger partial charge >= 0.3 is 0 Å². The van der Waals surface area contributed by atoms with Crippen molar-refractivity contribution < 1.29 is 5.11 Å². The van der Waals surface area contributed by atoms with Gasteiger partial charge < -0.3 is 9.67 Å². The van der Waals surface area contributed by atoms with Crippen molar-refractivity contribution in [2.24, 2.45) is 0 Å². The van der Waals surface area contributed by atoms with E-state index in [9.17, 15) is 5.11 Å². The zero-order valence-corrected chi connectivity index (χ0v) is 10.6. The smallest absolute Gasteiger partial charge is 0.115 e. The van der Waals surface area contributed by atoms with E-state index in [2.05, 4.69) is 17.7 Å². The Labute approximate surface area is 107 Å². The number of phenolic OH excluding ortho intramolecular Hbond substituents is 1. The highest BCUT2D eigenvalue weighted by atomic mass is 16.3. The summed E-state index contributed by atoms with van der Waals surface area (Å²) in [5, 5.41) is 9.27. The van der Waals surface area contributed by atoms with Crippen LogP contribution in [0, 0.1) is 0 Å². The van der Waals surface area contributed by atoms with Crippen LogP contribution in [0.1, 0.15) is 42.9 Å². The first-order chi connectivity index (χ1) is 8.72. The standard InChI is InChI=1S/C15H18N2O/c1-11-3-2-4-15-16-13(10-17(11)15)9-12-5-7-14(18)8-6-12/h5-8,10-11,18H,2-4,9H2,1H3. The summed E-state index contributed by atoms with van der Waals surface area (Å²) in [5.41, 5.74) is 2.32. The number of hydrogen-bond acceptors (Lipinski definition) is 2. The van der Waals surface area contributed by atoms with Gasteiger partial charge in [0.25, 0.3) is 0 Å². The van der Waals surface area contributed by atoms with Crippen molar-refractivity contribution >= 4 is 0 Å². The van der Waals surface area contributed by atoms with Crippen LogP contribution >= 0.6 is 0 Å². The van der Waals surface area contributed by atoms with Crippen LogP contribution in [0.25, 0.3) is 0 Å². The Kier molecular flexibility index (Phi) is 2.82. The number of aromatic hydroxyl groups is 1. The summed E-state index contributed by atoms with van der Waals surface area (Å²) in [5.74, 6) is 1.54. The van der Waals surface area contributed by atoms with E-state index >= 15 is 0 Å². The highest BCUT2D eigenvalue weighted by molar-refractivity contribution is 5.28. The van der Waals surface area contributed by atoms with Crippen LogP contribution in [-0.2, 0) is 12.8 Å². The summed E-state index contributed by atoms with van der Waals surface area (Å²) in [4.78, 5) is 4.72. The molecule has 1 aliphatic heterocycles. The minimum atomic E-state index is 0.316. The van der Waals surface area contributed by atoms with E-state index in [-0.39, 0.29) is 0 Å². The van der Waals surface area contributed by atoms with Gasteiger partial charge in [0.05, 0.1) is 5.69 Å². The topological polar surface area (TPSA) is 38.1 Å².